The Morgan fingerprint density at radius 2 is 1.97 bits per heavy atom. The fourth-order valence-corrected chi connectivity index (χ4v) is 4.63. The van der Waals surface area contributed by atoms with Crippen LogP contribution < -0.4 is 10.2 Å². The van der Waals surface area contributed by atoms with Gasteiger partial charge in [0.15, 0.2) is 5.82 Å². The molecule has 4 aromatic rings. The number of nitrogens with zero attached hydrogens (tertiary/aromatic N) is 8. The van der Waals surface area contributed by atoms with E-state index in [-0.39, 0.29) is 17.6 Å². The number of aromatic nitrogens is 7. The summed E-state index contributed by atoms with van der Waals surface area (Å²) in [6.45, 7) is 6.90. The Balaban J connectivity index is 1.28. The van der Waals surface area contributed by atoms with Crippen molar-refractivity contribution in [3.05, 3.63) is 60.7 Å². The maximum absolute atomic E-state index is 13.2. The highest BCUT2D eigenvalue weighted by atomic mass is 16.3. The molecule has 2 N–H and O–H groups in total. The fraction of sp³-hybridized carbons (Fsp3) is 0.385. The minimum absolute atomic E-state index is 0.157. The first-order valence-corrected chi connectivity index (χ1v) is 12.5. The van der Waals surface area contributed by atoms with Crippen LogP contribution in [0.2, 0.25) is 0 Å². The molecule has 6 rings (SSSR count). The van der Waals surface area contributed by atoms with E-state index in [0.717, 1.165) is 29.9 Å². The maximum atomic E-state index is 13.2. The molecule has 0 radical (unpaired) electrons. The van der Waals surface area contributed by atoms with Crippen molar-refractivity contribution in [3.63, 3.8) is 0 Å². The lowest BCUT2D eigenvalue weighted by molar-refractivity contribution is 0.0310. The average molecular weight is 500 g/mol. The van der Waals surface area contributed by atoms with Crippen LogP contribution in [0.15, 0.2) is 49.3 Å². The van der Waals surface area contributed by atoms with Crippen LogP contribution >= 0.6 is 0 Å². The Labute approximate surface area is 214 Å². The molecular weight excluding hydrogens is 470 g/mol. The van der Waals surface area contributed by atoms with Crippen molar-refractivity contribution in [2.45, 2.75) is 51.2 Å². The normalized spacial score (nSPS) is 16.6. The third-order valence-corrected chi connectivity index (χ3v) is 6.72. The molecule has 0 spiro atoms. The number of carbonyl (C=O) groups excluding carboxylic acids is 1. The number of imidazole rings is 1. The molecule has 1 saturated carbocycles. The molecule has 0 bridgehead atoms. The first-order chi connectivity index (χ1) is 17.8. The lowest BCUT2D eigenvalue weighted by Gasteiger charge is -2.46. The van der Waals surface area contributed by atoms with Crippen molar-refractivity contribution < 1.29 is 9.90 Å². The molecular formula is C26H29N9O2. The highest BCUT2D eigenvalue weighted by Crippen LogP contribution is 2.40. The molecule has 37 heavy (non-hydrogen) atoms. The van der Waals surface area contributed by atoms with Gasteiger partial charge in [0.1, 0.15) is 23.5 Å². The predicted molar refractivity (Wildman–Crippen MR) is 138 cm³/mol. The van der Waals surface area contributed by atoms with E-state index in [1.807, 2.05) is 48.2 Å². The Morgan fingerprint density at radius 1 is 1.16 bits per heavy atom. The highest BCUT2D eigenvalue weighted by molar-refractivity contribution is 6.02. The van der Waals surface area contributed by atoms with Crippen LogP contribution in [0.1, 0.15) is 61.8 Å². The Bertz CT molecular complexity index is 1460. The molecule has 2 aliphatic rings. The topological polar surface area (TPSA) is 127 Å². The first-order valence-electron chi connectivity index (χ1n) is 12.5. The van der Waals surface area contributed by atoms with E-state index in [2.05, 4.69) is 35.4 Å². The van der Waals surface area contributed by atoms with Crippen LogP contribution in [0.5, 0.6) is 0 Å². The van der Waals surface area contributed by atoms with Gasteiger partial charge in [-0.3, -0.25) is 4.79 Å². The largest absolute Gasteiger partial charge is 0.386 e. The summed E-state index contributed by atoms with van der Waals surface area (Å²) in [4.78, 5) is 28.8. The Morgan fingerprint density at radius 3 is 2.70 bits per heavy atom. The lowest BCUT2D eigenvalue weighted by Crippen LogP contribution is -2.60. The number of hydrogen-bond donors (Lipinski definition) is 2. The van der Waals surface area contributed by atoms with Gasteiger partial charge in [-0.05, 0) is 45.7 Å². The minimum Gasteiger partial charge on any atom is -0.386 e. The molecule has 1 saturated heterocycles. The van der Waals surface area contributed by atoms with Crippen LogP contribution in [0.25, 0.3) is 17.2 Å². The smallest absolute Gasteiger partial charge is 0.275 e. The van der Waals surface area contributed by atoms with Gasteiger partial charge in [0.05, 0.1) is 35.2 Å². The van der Waals surface area contributed by atoms with E-state index in [1.54, 1.807) is 31.0 Å². The van der Waals surface area contributed by atoms with E-state index in [9.17, 15) is 9.90 Å². The first kappa shape index (κ1) is 23.3. The van der Waals surface area contributed by atoms with Crippen molar-refractivity contribution in [2.75, 3.05) is 23.3 Å². The third kappa shape index (κ3) is 4.57. The van der Waals surface area contributed by atoms with E-state index in [0.29, 0.717) is 36.3 Å². The van der Waals surface area contributed by atoms with Gasteiger partial charge in [0, 0.05) is 37.3 Å². The molecule has 0 atom stereocenters. The van der Waals surface area contributed by atoms with E-state index in [1.165, 1.54) is 0 Å². The van der Waals surface area contributed by atoms with Crippen LogP contribution in [0, 0.1) is 0 Å². The number of anilines is 2. The number of hydrogen-bond acceptors (Lipinski definition) is 8. The van der Waals surface area contributed by atoms with Crippen molar-refractivity contribution >= 4 is 17.4 Å². The number of rotatable bonds is 7. The lowest BCUT2D eigenvalue weighted by atomic mass is 9.96. The van der Waals surface area contributed by atoms with Crippen molar-refractivity contribution in [1.82, 2.24) is 34.3 Å². The molecule has 190 valence electrons. The second-order valence-corrected chi connectivity index (χ2v) is 10.4. The van der Waals surface area contributed by atoms with Gasteiger partial charge in [0.2, 0.25) is 0 Å². The molecule has 1 aliphatic carbocycles. The second-order valence-electron chi connectivity index (χ2n) is 10.4. The molecule has 11 nitrogen and oxygen atoms in total. The SMILES string of the molecule is CC(C)n1cnnc1-c1cccc(C(=O)Nc2cc(-n3cnc(C4CC4)c3)c(N3CC(C)(O)C3)cn2)n1. The van der Waals surface area contributed by atoms with Crippen molar-refractivity contribution in [2.24, 2.45) is 0 Å². The summed E-state index contributed by atoms with van der Waals surface area (Å²) in [7, 11) is 0. The number of β-amino-alcohol motifs (C(OH)–C–C–N with tert-alkyl or cyclic N) is 1. The molecule has 2 fully saturated rings. The van der Waals surface area contributed by atoms with Crippen LogP contribution in [0.3, 0.4) is 0 Å². The Kier molecular flexibility index (Phi) is 5.52. The van der Waals surface area contributed by atoms with E-state index < -0.39 is 5.60 Å². The average Bonchev–Trinajstić information content (AvgIpc) is 3.38. The highest BCUT2D eigenvalue weighted by Gasteiger charge is 2.38. The molecule has 4 aromatic heterocycles. The van der Waals surface area contributed by atoms with Crippen molar-refractivity contribution in [1.29, 1.82) is 0 Å². The van der Waals surface area contributed by atoms with Gasteiger partial charge in [-0.25, -0.2) is 15.0 Å². The summed E-state index contributed by atoms with van der Waals surface area (Å²) in [5.41, 5.74) is 2.87. The maximum Gasteiger partial charge on any atom is 0.275 e. The van der Waals surface area contributed by atoms with Crippen LogP contribution in [0.4, 0.5) is 11.5 Å². The molecule has 1 amide bonds. The second kappa shape index (κ2) is 8.77. The fourth-order valence-electron chi connectivity index (χ4n) is 4.63. The van der Waals surface area contributed by atoms with Crippen LogP contribution in [-0.2, 0) is 0 Å². The van der Waals surface area contributed by atoms with E-state index in [4.69, 9.17) is 0 Å². The summed E-state index contributed by atoms with van der Waals surface area (Å²) >= 11 is 0. The van der Waals surface area contributed by atoms with E-state index >= 15 is 0 Å². The number of amides is 1. The summed E-state index contributed by atoms with van der Waals surface area (Å²) < 4.78 is 3.87. The molecule has 11 heteroatoms. The molecule has 0 aromatic carbocycles. The van der Waals surface area contributed by atoms with Gasteiger partial charge in [-0.15, -0.1) is 10.2 Å². The number of carbonyl (C=O) groups is 1. The predicted octanol–water partition coefficient (Wildman–Crippen LogP) is 3.20. The number of pyridine rings is 2. The molecule has 5 heterocycles. The number of nitrogens with one attached hydrogen (secondary N) is 1. The third-order valence-electron chi connectivity index (χ3n) is 6.72. The molecule has 1 aliphatic heterocycles. The van der Waals surface area contributed by atoms with Crippen LogP contribution in [-0.4, -0.2) is 64.0 Å². The molecule has 0 unspecified atom stereocenters. The zero-order valence-corrected chi connectivity index (χ0v) is 21.0. The van der Waals surface area contributed by atoms with Gasteiger partial charge in [0.25, 0.3) is 5.91 Å². The van der Waals surface area contributed by atoms with Gasteiger partial charge < -0.3 is 24.5 Å². The summed E-state index contributed by atoms with van der Waals surface area (Å²) in [6.07, 6.45) is 9.55. The standard InChI is InChI=1S/C26H29N9O2/c1-16(2)35-15-29-32-24(35)18-5-4-6-19(30-18)25(36)31-23-9-21(33-11-20(28-14-33)17-7-8-17)22(10-27-23)34-12-26(3,37)13-34/h4-6,9-11,14-17,37H,7-8,12-13H2,1-3H3,(H,27,31,36). The van der Waals surface area contributed by atoms with Gasteiger partial charge >= 0.3 is 0 Å². The zero-order chi connectivity index (χ0) is 25.7. The quantitative estimate of drug-likeness (QED) is 0.397. The van der Waals surface area contributed by atoms with Gasteiger partial charge in [-0.2, -0.15) is 0 Å². The van der Waals surface area contributed by atoms with Gasteiger partial charge in [-0.1, -0.05) is 6.07 Å². The Hall–Kier alpha value is -4.12. The monoisotopic (exact) mass is 499 g/mol. The summed E-state index contributed by atoms with van der Waals surface area (Å²) in [5, 5.41) is 21.3. The minimum atomic E-state index is -0.727. The number of aliphatic hydroxyl groups is 1. The van der Waals surface area contributed by atoms with Crippen molar-refractivity contribution in [3.8, 4) is 17.2 Å². The summed E-state index contributed by atoms with van der Waals surface area (Å²) in [6, 6.07) is 7.23. The zero-order valence-electron chi connectivity index (χ0n) is 21.0. The summed E-state index contributed by atoms with van der Waals surface area (Å²) in [5.74, 6) is 1.15.